The van der Waals surface area contributed by atoms with Crippen molar-refractivity contribution in [1.29, 1.82) is 0 Å². The molecule has 2 N–H and O–H groups in total. The zero-order valence-electron chi connectivity index (χ0n) is 9.86. The van der Waals surface area contributed by atoms with Crippen LogP contribution in [-0.4, -0.2) is 33.1 Å². The van der Waals surface area contributed by atoms with E-state index in [9.17, 15) is 16.8 Å². The second-order valence-corrected chi connectivity index (χ2v) is 7.48. The van der Waals surface area contributed by atoms with Crippen LogP contribution in [0.4, 0.5) is 5.69 Å². The van der Waals surface area contributed by atoms with Gasteiger partial charge in [0, 0.05) is 11.9 Å². The van der Waals surface area contributed by atoms with Crippen molar-refractivity contribution in [2.24, 2.45) is 0 Å². The van der Waals surface area contributed by atoms with Gasteiger partial charge >= 0.3 is 0 Å². The van der Waals surface area contributed by atoms with Crippen LogP contribution in [0, 0.1) is 0 Å². The highest BCUT2D eigenvalue weighted by molar-refractivity contribution is 7.92. The lowest BCUT2D eigenvalue weighted by molar-refractivity contribution is 0.598. The molecular weight excluding hydrogens is 290 g/mol. The fourth-order valence-electron chi connectivity index (χ4n) is 1.37. The number of hydrogen-bond acceptors (Lipinski definition) is 5. The Morgan fingerprint density at radius 1 is 1.11 bits per heavy atom. The van der Waals surface area contributed by atoms with Crippen molar-refractivity contribution >= 4 is 25.5 Å². The van der Waals surface area contributed by atoms with Crippen LogP contribution in [0.2, 0.25) is 0 Å². The molecule has 0 radical (unpaired) electrons. The summed E-state index contributed by atoms with van der Waals surface area (Å²) in [5, 5.41) is -0.0697. The molecule has 9 heteroatoms. The monoisotopic (exact) mass is 301 g/mol. The number of benzene rings is 1. The van der Waals surface area contributed by atoms with Gasteiger partial charge < -0.3 is 4.98 Å². The van der Waals surface area contributed by atoms with Crippen LogP contribution < -0.4 is 4.72 Å². The number of nitrogens with zero attached hydrogens (tertiary/aromatic N) is 1. The van der Waals surface area contributed by atoms with Gasteiger partial charge in [-0.1, -0.05) is 0 Å². The molecule has 0 amide bonds. The fourth-order valence-corrected chi connectivity index (χ4v) is 2.96. The maximum absolute atomic E-state index is 11.8. The quantitative estimate of drug-likeness (QED) is 0.860. The highest BCUT2D eigenvalue weighted by atomic mass is 32.2. The van der Waals surface area contributed by atoms with Gasteiger partial charge in [0.15, 0.2) is 14.9 Å². The molecule has 1 aromatic heterocycles. The van der Waals surface area contributed by atoms with Crippen LogP contribution in [0.25, 0.3) is 0 Å². The normalized spacial score (nSPS) is 12.3. The minimum Gasteiger partial charge on any atom is -0.334 e. The first-order valence-corrected chi connectivity index (χ1v) is 8.48. The van der Waals surface area contributed by atoms with E-state index in [0.717, 1.165) is 6.26 Å². The van der Waals surface area contributed by atoms with E-state index in [1.54, 1.807) is 0 Å². The molecular formula is C10H11N3O4S2. The van der Waals surface area contributed by atoms with Crippen molar-refractivity contribution in [1.82, 2.24) is 9.97 Å². The molecule has 0 saturated carbocycles. The van der Waals surface area contributed by atoms with Gasteiger partial charge in [0.1, 0.15) is 0 Å². The molecule has 2 rings (SSSR count). The molecule has 0 spiro atoms. The number of aromatic amines is 1. The van der Waals surface area contributed by atoms with E-state index in [2.05, 4.69) is 14.7 Å². The molecule has 0 fully saturated rings. The average Bonchev–Trinajstić information content (AvgIpc) is 2.82. The standard InChI is InChI=1S/C10H11N3O4S2/c1-18(14,15)9-4-2-8(3-5-9)13-19(16,17)10-6-11-7-12-10/h2-7,13H,1H3,(H,11,12). The maximum Gasteiger partial charge on any atom is 0.278 e. The second-order valence-electron chi connectivity index (χ2n) is 3.82. The lowest BCUT2D eigenvalue weighted by Gasteiger charge is -2.06. The molecule has 1 aromatic carbocycles. The van der Waals surface area contributed by atoms with E-state index in [-0.39, 0.29) is 15.6 Å². The Labute approximate surface area is 110 Å². The Morgan fingerprint density at radius 2 is 1.74 bits per heavy atom. The van der Waals surface area contributed by atoms with Crippen LogP contribution >= 0.6 is 0 Å². The van der Waals surface area contributed by atoms with Gasteiger partial charge in [0.05, 0.1) is 17.4 Å². The average molecular weight is 301 g/mol. The van der Waals surface area contributed by atoms with E-state index in [0.29, 0.717) is 0 Å². The molecule has 7 nitrogen and oxygen atoms in total. The van der Waals surface area contributed by atoms with Crippen molar-refractivity contribution in [3.05, 3.63) is 36.8 Å². The van der Waals surface area contributed by atoms with Crippen LogP contribution in [0.15, 0.2) is 46.7 Å². The summed E-state index contributed by atoms with van der Waals surface area (Å²) < 4.78 is 48.5. The molecule has 0 aliphatic heterocycles. The predicted octanol–water partition coefficient (Wildman–Crippen LogP) is 0.614. The van der Waals surface area contributed by atoms with E-state index in [1.807, 2.05) is 0 Å². The van der Waals surface area contributed by atoms with Crippen molar-refractivity contribution in [3.8, 4) is 0 Å². The van der Waals surface area contributed by atoms with E-state index < -0.39 is 19.9 Å². The third kappa shape index (κ3) is 3.12. The van der Waals surface area contributed by atoms with Crippen LogP contribution in [0.5, 0.6) is 0 Å². The largest absolute Gasteiger partial charge is 0.334 e. The highest BCUT2D eigenvalue weighted by Crippen LogP contribution is 2.17. The van der Waals surface area contributed by atoms with E-state index in [4.69, 9.17) is 0 Å². The molecule has 19 heavy (non-hydrogen) atoms. The number of sulfone groups is 1. The van der Waals surface area contributed by atoms with Crippen LogP contribution in [0.1, 0.15) is 0 Å². The summed E-state index contributed by atoms with van der Waals surface area (Å²) in [7, 11) is -7.04. The summed E-state index contributed by atoms with van der Waals surface area (Å²) in [5.74, 6) is 0. The minimum atomic E-state index is -3.74. The van der Waals surface area contributed by atoms with Crippen molar-refractivity contribution in [2.75, 3.05) is 11.0 Å². The molecule has 0 atom stereocenters. The molecule has 102 valence electrons. The van der Waals surface area contributed by atoms with Gasteiger partial charge in [0.2, 0.25) is 0 Å². The zero-order chi connectivity index (χ0) is 14.1. The number of aromatic nitrogens is 2. The molecule has 2 aromatic rings. The molecule has 1 heterocycles. The summed E-state index contributed by atoms with van der Waals surface area (Å²) in [5.41, 5.74) is 0.266. The molecule has 0 unspecified atom stereocenters. The van der Waals surface area contributed by atoms with Crippen molar-refractivity contribution in [2.45, 2.75) is 9.92 Å². The van der Waals surface area contributed by atoms with Crippen LogP contribution in [0.3, 0.4) is 0 Å². The third-order valence-corrected chi connectivity index (χ3v) is 4.73. The topological polar surface area (TPSA) is 109 Å². The number of nitrogens with one attached hydrogen (secondary N) is 2. The van der Waals surface area contributed by atoms with Crippen molar-refractivity contribution in [3.63, 3.8) is 0 Å². The van der Waals surface area contributed by atoms with Gasteiger partial charge in [-0.3, -0.25) is 4.72 Å². The first kappa shape index (κ1) is 13.6. The molecule has 0 aliphatic rings. The smallest absolute Gasteiger partial charge is 0.278 e. The van der Waals surface area contributed by atoms with E-state index in [1.165, 1.54) is 36.8 Å². The Balaban J connectivity index is 2.26. The van der Waals surface area contributed by atoms with Crippen LogP contribution in [-0.2, 0) is 19.9 Å². The first-order chi connectivity index (χ1) is 8.79. The van der Waals surface area contributed by atoms with Gasteiger partial charge in [0.25, 0.3) is 10.0 Å². The Bertz CT molecular complexity index is 763. The van der Waals surface area contributed by atoms with Gasteiger partial charge in [-0.15, -0.1) is 0 Å². The minimum absolute atomic E-state index is 0.0697. The fraction of sp³-hybridized carbons (Fsp3) is 0.100. The third-order valence-electron chi connectivity index (χ3n) is 2.30. The Kier molecular flexibility index (Phi) is 3.33. The van der Waals surface area contributed by atoms with Crippen molar-refractivity contribution < 1.29 is 16.8 Å². The summed E-state index contributed by atoms with van der Waals surface area (Å²) in [6, 6.07) is 5.43. The SMILES string of the molecule is CS(=O)(=O)c1ccc(NS(=O)(=O)c2cnc[nH]2)cc1. The summed E-state index contributed by atoms with van der Waals surface area (Å²) in [6.07, 6.45) is 3.51. The highest BCUT2D eigenvalue weighted by Gasteiger charge is 2.15. The second kappa shape index (κ2) is 4.67. The number of hydrogen-bond donors (Lipinski definition) is 2. The van der Waals surface area contributed by atoms with E-state index >= 15 is 0 Å². The van der Waals surface area contributed by atoms with Gasteiger partial charge in [-0.25, -0.2) is 13.4 Å². The van der Waals surface area contributed by atoms with Gasteiger partial charge in [-0.05, 0) is 24.3 Å². The zero-order valence-corrected chi connectivity index (χ0v) is 11.5. The van der Waals surface area contributed by atoms with Gasteiger partial charge in [-0.2, -0.15) is 8.42 Å². The number of rotatable bonds is 4. The Hall–Kier alpha value is -1.87. The summed E-state index contributed by atoms with van der Waals surface area (Å²) in [6.45, 7) is 0. The number of sulfonamides is 1. The first-order valence-electron chi connectivity index (χ1n) is 5.10. The lowest BCUT2D eigenvalue weighted by Crippen LogP contribution is -2.13. The number of anilines is 1. The lowest BCUT2D eigenvalue weighted by atomic mass is 10.3. The molecule has 0 bridgehead atoms. The maximum atomic E-state index is 11.8. The Morgan fingerprint density at radius 3 is 2.21 bits per heavy atom. The summed E-state index contributed by atoms with van der Waals surface area (Å²) in [4.78, 5) is 6.22. The predicted molar refractivity (Wildman–Crippen MR) is 68.9 cm³/mol. The number of imidazole rings is 1. The number of H-pyrrole nitrogens is 1. The molecule has 0 saturated heterocycles. The molecule has 0 aliphatic carbocycles. The summed E-state index contributed by atoms with van der Waals surface area (Å²) >= 11 is 0.